The summed E-state index contributed by atoms with van der Waals surface area (Å²) in [6, 6.07) is 11.8. The molecule has 0 spiro atoms. The van der Waals surface area contributed by atoms with Gasteiger partial charge in [0.2, 0.25) is 0 Å². The third-order valence-corrected chi connectivity index (χ3v) is 3.61. The van der Waals surface area contributed by atoms with Crippen LogP contribution in [0.4, 0.5) is 0 Å². The molecule has 0 saturated carbocycles. The number of nitrogens with one attached hydrogen (secondary N) is 1. The van der Waals surface area contributed by atoms with E-state index in [1.807, 2.05) is 37.3 Å². The predicted octanol–water partition coefficient (Wildman–Crippen LogP) is 5.59. The normalized spacial score (nSPS) is 11.0. The van der Waals surface area contributed by atoms with Crippen molar-refractivity contribution in [2.45, 2.75) is 33.4 Å². The van der Waals surface area contributed by atoms with Crippen LogP contribution in [0.5, 0.6) is 11.5 Å². The number of hydrogen-bond acceptors (Lipinski definition) is 2. The molecule has 0 radical (unpaired) electrons. The number of rotatable bonds is 5. The minimum absolute atomic E-state index is 0.439. The first-order valence-corrected chi connectivity index (χ1v) is 7.67. The highest BCUT2D eigenvalue weighted by Gasteiger charge is 2.07. The van der Waals surface area contributed by atoms with Crippen molar-refractivity contribution in [3.8, 4) is 11.5 Å². The lowest BCUT2D eigenvalue weighted by Gasteiger charge is -2.12. The van der Waals surface area contributed by atoms with Crippen LogP contribution in [0.25, 0.3) is 0 Å². The van der Waals surface area contributed by atoms with E-state index in [0.29, 0.717) is 21.8 Å². The van der Waals surface area contributed by atoms with Gasteiger partial charge in [0.05, 0.1) is 5.02 Å². The summed E-state index contributed by atoms with van der Waals surface area (Å²) < 4.78 is 5.86. The van der Waals surface area contributed by atoms with Gasteiger partial charge in [-0.3, -0.25) is 0 Å². The zero-order chi connectivity index (χ0) is 15.4. The average molecular weight is 324 g/mol. The first-order chi connectivity index (χ1) is 9.95. The number of ether oxygens (including phenoxy) is 1. The molecule has 0 amide bonds. The predicted molar refractivity (Wildman–Crippen MR) is 89.7 cm³/mol. The molecule has 0 unspecified atom stereocenters. The molecule has 2 nitrogen and oxygen atoms in total. The molecular formula is C17H19Cl2NO. The SMILES string of the molecule is Cc1ccc(Cl)cc1Oc1ccc(CNC(C)C)cc1Cl. The summed E-state index contributed by atoms with van der Waals surface area (Å²) in [6.07, 6.45) is 0. The molecule has 0 aliphatic heterocycles. The summed E-state index contributed by atoms with van der Waals surface area (Å²) in [5, 5.41) is 4.60. The van der Waals surface area contributed by atoms with Crippen LogP contribution in [0, 0.1) is 6.92 Å². The van der Waals surface area contributed by atoms with Crippen LogP contribution < -0.4 is 10.1 Å². The summed E-state index contributed by atoms with van der Waals surface area (Å²) in [7, 11) is 0. The molecule has 0 aliphatic carbocycles. The van der Waals surface area contributed by atoms with E-state index in [9.17, 15) is 0 Å². The molecular weight excluding hydrogens is 305 g/mol. The Labute approximate surface area is 136 Å². The number of aryl methyl sites for hydroxylation is 1. The summed E-state index contributed by atoms with van der Waals surface area (Å²) in [5.74, 6) is 1.35. The minimum Gasteiger partial charge on any atom is -0.455 e. The summed E-state index contributed by atoms with van der Waals surface area (Å²) in [4.78, 5) is 0. The van der Waals surface area contributed by atoms with Gasteiger partial charge in [-0.1, -0.05) is 49.2 Å². The number of hydrogen-bond donors (Lipinski definition) is 1. The molecule has 0 atom stereocenters. The highest BCUT2D eigenvalue weighted by molar-refractivity contribution is 6.32. The molecule has 2 rings (SSSR count). The Morgan fingerprint density at radius 3 is 2.48 bits per heavy atom. The van der Waals surface area contributed by atoms with Gasteiger partial charge >= 0.3 is 0 Å². The van der Waals surface area contributed by atoms with Crippen molar-refractivity contribution in [1.29, 1.82) is 0 Å². The van der Waals surface area contributed by atoms with Crippen molar-refractivity contribution in [1.82, 2.24) is 5.32 Å². The average Bonchev–Trinajstić information content (AvgIpc) is 2.43. The minimum atomic E-state index is 0.439. The Morgan fingerprint density at radius 2 is 1.81 bits per heavy atom. The van der Waals surface area contributed by atoms with E-state index in [1.165, 1.54) is 0 Å². The summed E-state index contributed by atoms with van der Waals surface area (Å²) >= 11 is 12.3. The fourth-order valence-electron chi connectivity index (χ4n) is 1.86. The van der Waals surface area contributed by atoms with Gasteiger partial charge in [0.25, 0.3) is 0 Å². The summed E-state index contributed by atoms with van der Waals surface area (Å²) in [5.41, 5.74) is 2.14. The monoisotopic (exact) mass is 323 g/mol. The zero-order valence-electron chi connectivity index (χ0n) is 12.4. The van der Waals surface area contributed by atoms with Gasteiger partial charge in [0.1, 0.15) is 11.5 Å². The standard InChI is InChI=1S/C17H19Cl2NO/c1-11(2)20-10-13-5-7-16(15(19)8-13)21-17-9-14(18)6-4-12(17)3/h4-9,11,20H,10H2,1-3H3. The second kappa shape index (κ2) is 7.17. The lowest BCUT2D eigenvalue weighted by Crippen LogP contribution is -2.21. The third-order valence-electron chi connectivity index (χ3n) is 3.08. The number of halogens is 2. The second-order valence-electron chi connectivity index (χ2n) is 5.31. The van der Waals surface area contributed by atoms with Crippen molar-refractivity contribution < 1.29 is 4.74 Å². The molecule has 0 saturated heterocycles. The lowest BCUT2D eigenvalue weighted by molar-refractivity contribution is 0.478. The van der Waals surface area contributed by atoms with Gasteiger partial charge in [-0.05, 0) is 42.3 Å². The highest BCUT2D eigenvalue weighted by Crippen LogP contribution is 2.33. The Morgan fingerprint density at radius 1 is 1.05 bits per heavy atom. The van der Waals surface area contributed by atoms with Crippen molar-refractivity contribution in [2.75, 3.05) is 0 Å². The van der Waals surface area contributed by atoms with E-state index < -0.39 is 0 Å². The van der Waals surface area contributed by atoms with Gasteiger partial charge in [0, 0.05) is 17.6 Å². The first-order valence-electron chi connectivity index (χ1n) is 6.91. The highest BCUT2D eigenvalue weighted by atomic mass is 35.5. The van der Waals surface area contributed by atoms with Crippen LogP contribution in [-0.2, 0) is 6.54 Å². The van der Waals surface area contributed by atoms with Crippen LogP contribution in [0.15, 0.2) is 36.4 Å². The topological polar surface area (TPSA) is 21.3 Å². The maximum atomic E-state index is 6.30. The molecule has 4 heteroatoms. The molecule has 0 fully saturated rings. The van der Waals surface area contributed by atoms with Crippen LogP contribution in [0.2, 0.25) is 10.0 Å². The van der Waals surface area contributed by atoms with E-state index in [4.69, 9.17) is 27.9 Å². The largest absolute Gasteiger partial charge is 0.455 e. The maximum absolute atomic E-state index is 6.30. The van der Waals surface area contributed by atoms with Crippen LogP contribution in [0.3, 0.4) is 0 Å². The van der Waals surface area contributed by atoms with E-state index in [2.05, 4.69) is 19.2 Å². The molecule has 2 aromatic rings. The van der Waals surface area contributed by atoms with Gasteiger partial charge < -0.3 is 10.1 Å². The Bertz CT molecular complexity index is 626. The second-order valence-corrected chi connectivity index (χ2v) is 6.16. The Hall–Kier alpha value is -1.22. The van der Waals surface area contributed by atoms with E-state index in [1.54, 1.807) is 6.07 Å². The van der Waals surface area contributed by atoms with E-state index in [-0.39, 0.29) is 0 Å². The van der Waals surface area contributed by atoms with Gasteiger partial charge in [0.15, 0.2) is 0 Å². The zero-order valence-corrected chi connectivity index (χ0v) is 13.9. The quantitative estimate of drug-likeness (QED) is 0.774. The molecule has 0 aliphatic rings. The number of benzene rings is 2. The van der Waals surface area contributed by atoms with Gasteiger partial charge in [-0.2, -0.15) is 0 Å². The molecule has 112 valence electrons. The molecule has 2 aromatic carbocycles. The van der Waals surface area contributed by atoms with Crippen LogP contribution in [-0.4, -0.2) is 6.04 Å². The van der Waals surface area contributed by atoms with Crippen molar-refractivity contribution in [3.05, 3.63) is 57.6 Å². The summed E-state index contributed by atoms with van der Waals surface area (Å²) in [6.45, 7) is 6.98. The van der Waals surface area contributed by atoms with Gasteiger partial charge in [-0.25, -0.2) is 0 Å². The third kappa shape index (κ3) is 4.63. The van der Waals surface area contributed by atoms with Crippen molar-refractivity contribution >= 4 is 23.2 Å². The van der Waals surface area contributed by atoms with Crippen LogP contribution >= 0.6 is 23.2 Å². The fourth-order valence-corrected chi connectivity index (χ4v) is 2.27. The lowest BCUT2D eigenvalue weighted by atomic mass is 10.2. The molecule has 0 heterocycles. The van der Waals surface area contributed by atoms with Gasteiger partial charge in [-0.15, -0.1) is 0 Å². The smallest absolute Gasteiger partial charge is 0.146 e. The Balaban J connectivity index is 2.15. The molecule has 1 N–H and O–H groups in total. The maximum Gasteiger partial charge on any atom is 0.146 e. The van der Waals surface area contributed by atoms with Crippen molar-refractivity contribution in [2.24, 2.45) is 0 Å². The van der Waals surface area contributed by atoms with Crippen LogP contribution in [0.1, 0.15) is 25.0 Å². The van der Waals surface area contributed by atoms with Crippen molar-refractivity contribution in [3.63, 3.8) is 0 Å². The first kappa shape index (κ1) is 16.2. The molecule has 21 heavy (non-hydrogen) atoms. The Kier molecular flexibility index (Phi) is 5.51. The van der Waals surface area contributed by atoms with E-state index >= 15 is 0 Å². The van der Waals surface area contributed by atoms with E-state index in [0.717, 1.165) is 23.4 Å². The molecule has 0 bridgehead atoms. The molecule has 0 aromatic heterocycles. The fraction of sp³-hybridized carbons (Fsp3) is 0.294.